The van der Waals surface area contributed by atoms with Crippen LogP contribution in [0.3, 0.4) is 0 Å². The summed E-state index contributed by atoms with van der Waals surface area (Å²) in [6, 6.07) is 10.3. The van der Waals surface area contributed by atoms with Crippen LogP contribution in [-0.4, -0.2) is 36.2 Å². The predicted octanol–water partition coefficient (Wildman–Crippen LogP) is -0.736. The van der Waals surface area contributed by atoms with E-state index in [-0.39, 0.29) is 16.5 Å². The summed E-state index contributed by atoms with van der Waals surface area (Å²) in [5.74, 6) is 0.862. The Hall–Kier alpha value is -1.33. The van der Waals surface area contributed by atoms with Crippen molar-refractivity contribution in [3.8, 4) is 0 Å². The lowest BCUT2D eigenvalue weighted by Crippen LogP contribution is -2.23. The Balaban J connectivity index is 0.00000112. The van der Waals surface area contributed by atoms with Crippen LogP contribution in [0.25, 0.3) is 0 Å². The molecule has 0 unspecified atom stereocenters. The van der Waals surface area contributed by atoms with Gasteiger partial charge in [0.1, 0.15) is 12.4 Å². The maximum absolute atomic E-state index is 5.52. The van der Waals surface area contributed by atoms with E-state index in [0.717, 1.165) is 13.1 Å². The van der Waals surface area contributed by atoms with Crippen molar-refractivity contribution in [3.05, 3.63) is 30.3 Å². The van der Waals surface area contributed by atoms with Gasteiger partial charge in [0.2, 0.25) is 0 Å². The van der Waals surface area contributed by atoms with E-state index in [1.54, 1.807) is 0 Å². The Morgan fingerprint density at radius 1 is 1.19 bits per heavy atom. The van der Waals surface area contributed by atoms with Crippen molar-refractivity contribution >= 4 is 18.5 Å². The summed E-state index contributed by atoms with van der Waals surface area (Å²) in [6.45, 7) is 4.88. The highest BCUT2D eigenvalue weighted by Gasteiger charge is 2.26. The highest BCUT2D eigenvalue weighted by molar-refractivity contribution is 6.83. The minimum atomic E-state index is -0.0376. The van der Waals surface area contributed by atoms with Gasteiger partial charge in [-0.3, -0.25) is 4.99 Å². The molecule has 0 radical (unpaired) electrons. The van der Waals surface area contributed by atoms with Crippen LogP contribution in [0.5, 0.6) is 0 Å². The normalized spacial score (nSPS) is 16.2. The fourth-order valence-electron chi connectivity index (χ4n) is 1.52. The summed E-state index contributed by atoms with van der Waals surface area (Å²) in [6.07, 6.45) is 0. The molecule has 0 saturated carbocycles. The molecule has 5 heteroatoms. The molecule has 16 heavy (non-hydrogen) atoms. The number of ether oxygens (including phenoxy) is 1. The molecule has 4 N–H and O–H groups in total. The second kappa shape index (κ2) is 5.68. The molecule has 0 saturated heterocycles. The van der Waals surface area contributed by atoms with Crippen LogP contribution in [0.1, 0.15) is 13.8 Å². The minimum Gasteiger partial charge on any atom is -0.487 e. The lowest BCUT2D eigenvalue weighted by molar-refractivity contribution is 0.283. The summed E-state index contributed by atoms with van der Waals surface area (Å²) in [4.78, 5) is 4.51. The predicted molar refractivity (Wildman–Crippen MR) is 67.9 cm³/mol. The first-order valence-electron chi connectivity index (χ1n) is 4.91. The van der Waals surface area contributed by atoms with Crippen molar-refractivity contribution in [2.75, 3.05) is 6.61 Å². The second-order valence-corrected chi connectivity index (χ2v) is 4.27. The zero-order valence-corrected chi connectivity index (χ0v) is 9.66. The molecule has 1 aliphatic heterocycles. The van der Waals surface area contributed by atoms with Crippen LogP contribution in [-0.2, 0) is 4.74 Å². The molecule has 1 aromatic carbocycles. The standard InChI is InChI=1S/C11H14BNO.2H2O/c1-11(2)8-14-10(13-11)12-9-6-4-3-5-7-9;;/h3-7,12H,8H2,1-2H3;2*1H2. The minimum absolute atomic E-state index is 0. The van der Waals surface area contributed by atoms with Gasteiger partial charge in [-0.25, -0.2) is 0 Å². The lowest BCUT2D eigenvalue weighted by Gasteiger charge is -2.08. The fraction of sp³-hybridized carbons (Fsp3) is 0.364. The van der Waals surface area contributed by atoms with E-state index in [0.29, 0.717) is 6.61 Å². The number of rotatable bonds is 2. The molecule has 1 aliphatic rings. The van der Waals surface area contributed by atoms with Gasteiger partial charge in [-0.05, 0) is 13.8 Å². The third-order valence-electron chi connectivity index (χ3n) is 2.22. The van der Waals surface area contributed by atoms with Crippen LogP contribution in [0, 0.1) is 0 Å². The molecule has 0 bridgehead atoms. The molecular weight excluding hydrogens is 205 g/mol. The van der Waals surface area contributed by atoms with Crippen molar-refractivity contribution < 1.29 is 15.7 Å². The van der Waals surface area contributed by atoms with Crippen LogP contribution in [0.2, 0.25) is 0 Å². The highest BCUT2D eigenvalue weighted by Crippen LogP contribution is 2.15. The van der Waals surface area contributed by atoms with Gasteiger partial charge in [-0.1, -0.05) is 35.8 Å². The van der Waals surface area contributed by atoms with Crippen LogP contribution < -0.4 is 5.46 Å². The molecule has 88 valence electrons. The van der Waals surface area contributed by atoms with E-state index in [1.165, 1.54) is 5.46 Å². The number of hydrogen-bond donors (Lipinski definition) is 0. The first kappa shape index (κ1) is 14.7. The summed E-state index contributed by atoms with van der Waals surface area (Å²) >= 11 is 0. The van der Waals surface area contributed by atoms with Gasteiger partial charge < -0.3 is 15.7 Å². The number of nitrogens with zero attached hydrogens (tertiary/aromatic N) is 1. The lowest BCUT2D eigenvalue weighted by atomic mass is 9.70. The molecule has 0 atom stereocenters. The van der Waals surface area contributed by atoms with Gasteiger partial charge in [0.25, 0.3) is 7.28 Å². The Labute approximate surface area is 96.2 Å². The fourth-order valence-corrected chi connectivity index (χ4v) is 1.52. The van der Waals surface area contributed by atoms with Gasteiger partial charge in [0.05, 0.1) is 5.54 Å². The van der Waals surface area contributed by atoms with Crippen LogP contribution in [0.15, 0.2) is 35.3 Å². The van der Waals surface area contributed by atoms with E-state index in [2.05, 4.69) is 31.0 Å². The number of benzene rings is 1. The summed E-state index contributed by atoms with van der Waals surface area (Å²) in [5, 5.41) is 0. The first-order valence-corrected chi connectivity index (χ1v) is 4.91. The average Bonchev–Trinajstić information content (AvgIpc) is 2.47. The molecule has 4 nitrogen and oxygen atoms in total. The second-order valence-electron chi connectivity index (χ2n) is 4.27. The molecule has 1 aromatic rings. The third kappa shape index (κ3) is 3.68. The van der Waals surface area contributed by atoms with Crippen molar-refractivity contribution in [2.45, 2.75) is 19.4 Å². The highest BCUT2D eigenvalue weighted by atomic mass is 16.5. The third-order valence-corrected chi connectivity index (χ3v) is 2.22. The molecule has 0 aliphatic carbocycles. The maximum atomic E-state index is 5.52. The smallest absolute Gasteiger partial charge is 0.262 e. The Morgan fingerprint density at radius 2 is 1.81 bits per heavy atom. The molecule has 0 aromatic heterocycles. The average molecular weight is 223 g/mol. The van der Waals surface area contributed by atoms with Crippen LogP contribution in [0.4, 0.5) is 0 Å². The van der Waals surface area contributed by atoms with Crippen molar-refractivity contribution in [2.24, 2.45) is 4.99 Å². The summed E-state index contributed by atoms with van der Waals surface area (Å²) in [7, 11) is 0.810. The monoisotopic (exact) mass is 223 g/mol. The van der Waals surface area contributed by atoms with Gasteiger partial charge in [0.15, 0.2) is 0 Å². The van der Waals surface area contributed by atoms with E-state index >= 15 is 0 Å². The molecule has 0 fully saturated rings. The summed E-state index contributed by atoms with van der Waals surface area (Å²) < 4.78 is 5.52. The SMILES string of the molecule is CC1(C)COC(Bc2ccccc2)=N1.O.O. The number of aliphatic imine (C=N–C) groups is 1. The van der Waals surface area contributed by atoms with Gasteiger partial charge in [0, 0.05) is 0 Å². The zero-order valence-electron chi connectivity index (χ0n) is 9.66. The molecule has 1 heterocycles. The maximum Gasteiger partial charge on any atom is 0.262 e. The molecule has 2 rings (SSSR count). The van der Waals surface area contributed by atoms with Crippen molar-refractivity contribution in [1.82, 2.24) is 0 Å². The molecular formula is C11H18BNO3. The van der Waals surface area contributed by atoms with Gasteiger partial charge >= 0.3 is 0 Å². The molecule has 0 spiro atoms. The quantitative estimate of drug-likeness (QED) is 0.608. The first-order chi connectivity index (χ1) is 6.66. The van der Waals surface area contributed by atoms with Crippen LogP contribution >= 0.6 is 0 Å². The number of hydrogen-bond acceptors (Lipinski definition) is 2. The zero-order chi connectivity index (χ0) is 10.0. The Bertz CT molecular complexity index is 352. The van der Waals surface area contributed by atoms with E-state index in [4.69, 9.17) is 4.74 Å². The topological polar surface area (TPSA) is 84.6 Å². The van der Waals surface area contributed by atoms with E-state index in [9.17, 15) is 0 Å². The molecule has 0 amide bonds. The van der Waals surface area contributed by atoms with Gasteiger partial charge in [-0.2, -0.15) is 0 Å². The largest absolute Gasteiger partial charge is 0.487 e. The van der Waals surface area contributed by atoms with E-state index < -0.39 is 0 Å². The van der Waals surface area contributed by atoms with Gasteiger partial charge in [-0.15, -0.1) is 0 Å². The Kier molecular flexibility index (Phi) is 5.21. The summed E-state index contributed by atoms with van der Waals surface area (Å²) in [5.41, 5.74) is 1.22. The van der Waals surface area contributed by atoms with E-state index in [1.807, 2.05) is 18.2 Å². The van der Waals surface area contributed by atoms with Crippen molar-refractivity contribution in [1.29, 1.82) is 0 Å². The Morgan fingerprint density at radius 3 is 2.31 bits per heavy atom. The van der Waals surface area contributed by atoms with Crippen molar-refractivity contribution in [3.63, 3.8) is 0 Å².